The van der Waals surface area contributed by atoms with Crippen molar-refractivity contribution in [2.75, 3.05) is 18.2 Å². The van der Waals surface area contributed by atoms with Crippen LogP contribution in [0.2, 0.25) is 0 Å². The highest BCUT2D eigenvalue weighted by Gasteiger charge is 2.22. The Hall–Kier alpha value is -1.34. The van der Waals surface area contributed by atoms with E-state index in [0.29, 0.717) is 6.42 Å². The van der Waals surface area contributed by atoms with Gasteiger partial charge in [0.05, 0.1) is 25.3 Å². The number of thioether (sulfide) groups is 1. The number of rotatable bonds is 2. The van der Waals surface area contributed by atoms with E-state index in [1.807, 2.05) is 6.07 Å². The number of anilines is 1. The molecule has 2 rings (SSSR count). The maximum Gasteiger partial charge on any atom is 0.143 e. The van der Waals surface area contributed by atoms with E-state index in [0.717, 1.165) is 17.2 Å². The Morgan fingerprint density at radius 1 is 1.62 bits per heavy atom. The molecule has 1 atom stereocenters. The number of hydrogen-bond donors (Lipinski definition) is 1. The second kappa shape index (κ2) is 4.67. The van der Waals surface area contributed by atoms with Gasteiger partial charge in [-0.05, 0) is 18.6 Å². The normalized spacial score (nSPS) is 18.2. The predicted octanol–water partition coefficient (Wildman–Crippen LogP) is 2.80. The summed E-state index contributed by atoms with van der Waals surface area (Å²) in [6.45, 7) is 2.09. The Balaban J connectivity index is 2.35. The lowest BCUT2D eigenvalue weighted by molar-refractivity contribution is 0.414. The van der Waals surface area contributed by atoms with E-state index in [1.54, 1.807) is 18.9 Å². The Morgan fingerprint density at radius 3 is 3.12 bits per heavy atom. The van der Waals surface area contributed by atoms with E-state index < -0.39 is 0 Å². The molecule has 1 N–H and O–H groups in total. The molecular weight excluding hydrogens is 220 g/mol. The van der Waals surface area contributed by atoms with E-state index in [-0.39, 0.29) is 6.04 Å². The number of nitrogens with one attached hydrogen (secondary N) is 1. The summed E-state index contributed by atoms with van der Waals surface area (Å²) in [5.74, 6) is 1.80. The standard InChI is InChI=1S/C12H14N2OS/c1-8-3-4-10(15-2)11-12(8)16-7-9(14-11)5-6-13/h3-4,9,14H,5,7H2,1-2H3. The lowest BCUT2D eigenvalue weighted by Gasteiger charge is -2.27. The fourth-order valence-electron chi connectivity index (χ4n) is 1.81. The highest BCUT2D eigenvalue weighted by atomic mass is 32.2. The lowest BCUT2D eigenvalue weighted by Crippen LogP contribution is -2.26. The number of nitrogens with zero attached hydrogens (tertiary/aromatic N) is 1. The van der Waals surface area contributed by atoms with Crippen molar-refractivity contribution in [3.8, 4) is 11.8 Å². The van der Waals surface area contributed by atoms with Crippen molar-refractivity contribution < 1.29 is 4.74 Å². The number of ether oxygens (including phenoxy) is 1. The molecular formula is C12H14N2OS. The molecule has 84 valence electrons. The summed E-state index contributed by atoms with van der Waals surface area (Å²) in [5, 5.41) is 12.1. The van der Waals surface area contributed by atoms with Crippen molar-refractivity contribution in [1.82, 2.24) is 0 Å². The van der Waals surface area contributed by atoms with E-state index >= 15 is 0 Å². The van der Waals surface area contributed by atoms with Gasteiger partial charge >= 0.3 is 0 Å². The monoisotopic (exact) mass is 234 g/mol. The Bertz CT molecular complexity index is 439. The van der Waals surface area contributed by atoms with Crippen molar-refractivity contribution in [2.45, 2.75) is 24.3 Å². The molecule has 0 aliphatic carbocycles. The molecule has 0 spiro atoms. The molecule has 1 heterocycles. The summed E-state index contributed by atoms with van der Waals surface area (Å²) in [4.78, 5) is 1.24. The third-order valence-corrected chi connectivity index (χ3v) is 4.04. The first kappa shape index (κ1) is 11.2. The van der Waals surface area contributed by atoms with Gasteiger partial charge in [-0.25, -0.2) is 0 Å². The third kappa shape index (κ3) is 1.96. The average Bonchev–Trinajstić information content (AvgIpc) is 2.30. The zero-order valence-electron chi connectivity index (χ0n) is 9.41. The van der Waals surface area contributed by atoms with Crippen LogP contribution < -0.4 is 10.1 Å². The first-order valence-electron chi connectivity index (χ1n) is 5.20. The summed E-state index contributed by atoms with van der Waals surface area (Å²) in [5.41, 5.74) is 2.29. The topological polar surface area (TPSA) is 45.0 Å². The molecule has 16 heavy (non-hydrogen) atoms. The number of hydrogen-bond acceptors (Lipinski definition) is 4. The number of methoxy groups -OCH3 is 1. The van der Waals surface area contributed by atoms with E-state index in [1.165, 1.54) is 10.5 Å². The minimum atomic E-state index is 0.221. The summed E-state index contributed by atoms with van der Waals surface area (Å²) >= 11 is 1.80. The van der Waals surface area contributed by atoms with Crippen LogP contribution in [0.3, 0.4) is 0 Å². The molecule has 0 radical (unpaired) electrons. The quantitative estimate of drug-likeness (QED) is 0.854. The largest absolute Gasteiger partial charge is 0.495 e. The van der Waals surface area contributed by atoms with Crippen LogP contribution in [-0.2, 0) is 0 Å². The number of aryl methyl sites for hydroxylation is 1. The van der Waals surface area contributed by atoms with E-state index in [4.69, 9.17) is 10.00 Å². The molecule has 1 aromatic rings. The van der Waals surface area contributed by atoms with Gasteiger partial charge in [-0.15, -0.1) is 11.8 Å². The van der Waals surface area contributed by atoms with Crippen LogP contribution in [0.4, 0.5) is 5.69 Å². The van der Waals surface area contributed by atoms with Gasteiger partial charge < -0.3 is 10.1 Å². The van der Waals surface area contributed by atoms with Gasteiger partial charge in [0, 0.05) is 16.7 Å². The van der Waals surface area contributed by atoms with Crippen molar-refractivity contribution in [2.24, 2.45) is 0 Å². The van der Waals surface area contributed by atoms with Gasteiger partial charge in [-0.2, -0.15) is 5.26 Å². The molecule has 1 unspecified atom stereocenters. The molecule has 0 amide bonds. The minimum Gasteiger partial charge on any atom is -0.495 e. The van der Waals surface area contributed by atoms with Crippen LogP contribution >= 0.6 is 11.8 Å². The van der Waals surface area contributed by atoms with Crippen LogP contribution in [-0.4, -0.2) is 18.9 Å². The Kier molecular flexibility index (Phi) is 3.25. The van der Waals surface area contributed by atoms with Crippen LogP contribution in [0.1, 0.15) is 12.0 Å². The molecule has 4 heteroatoms. The molecule has 0 saturated heterocycles. The molecule has 1 aliphatic heterocycles. The first-order chi connectivity index (χ1) is 7.76. The fraction of sp³-hybridized carbons (Fsp3) is 0.417. The number of benzene rings is 1. The van der Waals surface area contributed by atoms with Crippen LogP contribution in [0.15, 0.2) is 17.0 Å². The molecule has 3 nitrogen and oxygen atoms in total. The smallest absolute Gasteiger partial charge is 0.143 e. The number of nitriles is 1. The molecule has 0 aromatic heterocycles. The number of fused-ring (bicyclic) bond motifs is 1. The third-order valence-electron chi connectivity index (χ3n) is 2.65. The van der Waals surface area contributed by atoms with Crippen molar-refractivity contribution >= 4 is 17.4 Å². The highest BCUT2D eigenvalue weighted by Crippen LogP contribution is 2.42. The second-order valence-electron chi connectivity index (χ2n) is 3.80. The second-order valence-corrected chi connectivity index (χ2v) is 4.83. The van der Waals surface area contributed by atoms with Crippen LogP contribution in [0.5, 0.6) is 5.75 Å². The summed E-state index contributed by atoms with van der Waals surface area (Å²) in [6, 6.07) is 6.46. The van der Waals surface area contributed by atoms with E-state index in [9.17, 15) is 0 Å². The molecule has 0 saturated carbocycles. The van der Waals surface area contributed by atoms with Crippen LogP contribution in [0.25, 0.3) is 0 Å². The van der Waals surface area contributed by atoms with Gasteiger partial charge in [0.25, 0.3) is 0 Å². The minimum absolute atomic E-state index is 0.221. The molecule has 1 aromatic carbocycles. The van der Waals surface area contributed by atoms with E-state index in [2.05, 4.69) is 24.4 Å². The van der Waals surface area contributed by atoms with Gasteiger partial charge in [0.15, 0.2) is 0 Å². The van der Waals surface area contributed by atoms with Crippen LogP contribution in [0, 0.1) is 18.3 Å². The van der Waals surface area contributed by atoms with Crippen molar-refractivity contribution in [3.05, 3.63) is 17.7 Å². The molecule has 1 aliphatic rings. The van der Waals surface area contributed by atoms with Gasteiger partial charge in [0.2, 0.25) is 0 Å². The predicted molar refractivity (Wildman–Crippen MR) is 66.1 cm³/mol. The summed E-state index contributed by atoms with van der Waals surface area (Å²) in [7, 11) is 1.67. The van der Waals surface area contributed by atoms with Gasteiger partial charge in [-0.3, -0.25) is 0 Å². The van der Waals surface area contributed by atoms with Gasteiger partial charge in [0.1, 0.15) is 5.75 Å². The average molecular weight is 234 g/mol. The SMILES string of the molecule is COc1ccc(C)c2c1NC(CC#N)CS2. The summed E-state index contributed by atoms with van der Waals surface area (Å²) < 4.78 is 5.34. The molecule has 0 fully saturated rings. The Labute approximate surface area is 99.8 Å². The van der Waals surface area contributed by atoms with Crippen molar-refractivity contribution in [1.29, 1.82) is 5.26 Å². The van der Waals surface area contributed by atoms with Crippen molar-refractivity contribution in [3.63, 3.8) is 0 Å². The summed E-state index contributed by atoms with van der Waals surface area (Å²) in [6.07, 6.45) is 0.531. The molecule has 0 bridgehead atoms. The zero-order chi connectivity index (χ0) is 11.5. The maximum absolute atomic E-state index is 8.72. The van der Waals surface area contributed by atoms with Gasteiger partial charge in [-0.1, -0.05) is 6.07 Å². The highest BCUT2D eigenvalue weighted by molar-refractivity contribution is 7.99. The lowest BCUT2D eigenvalue weighted by atomic mass is 10.1. The maximum atomic E-state index is 8.72. The first-order valence-corrected chi connectivity index (χ1v) is 6.18. The fourth-order valence-corrected chi connectivity index (χ4v) is 2.98. The Morgan fingerprint density at radius 2 is 2.44 bits per heavy atom. The zero-order valence-corrected chi connectivity index (χ0v) is 10.2.